The molecule has 2 rings (SSSR count). The molecule has 21 heavy (non-hydrogen) atoms. The molecule has 0 amide bonds. The fourth-order valence-electron chi connectivity index (χ4n) is 2.48. The Labute approximate surface area is 131 Å². The van der Waals surface area contributed by atoms with Gasteiger partial charge in [0.2, 0.25) is 0 Å². The maximum atomic E-state index is 5.88. The van der Waals surface area contributed by atoms with E-state index in [0.29, 0.717) is 4.99 Å². The second-order valence-corrected chi connectivity index (χ2v) is 5.70. The minimum Gasteiger partial charge on any atom is -0.389 e. The molecule has 0 aliphatic heterocycles. The van der Waals surface area contributed by atoms with E-state index >= 15 is 0 Å². The van der Waals surface area contributed by atoms with Crippen molar-refractivity contribution in [2.45, 2.75) is 20.3 Å². The van der Waals surface area contributed by atoms with Crippen molar-refractivity contribution in [1.29, 1.82) is 0 Å². The smallest absolute Gasteiger partial charge is 0.107 e. The van der Waals surface area contributed by atoms with Crippen molar-refractivity contribution in [2.24, 2.45) is 5.73 Å². The van der Waals surface area contributed by atoms with Gasteiger partial charge in [-0.05, 0) is 31.9 Å². The number of hydrogen-bond donors (Lipinski definition) is 1. The van der Waals surface area contributed by atoms with E-state index < -0.39 is 0 Å². The van der Waals surface area contributed by atoms with E-state index in [2.05, 4.69) is 41.2 Å². The lowest BCUT2D eigenvalue weighted by molar-refractivity contribution is 0.871. The molecule has 0 fully saturated rings. The number of aromatic nitrogens is 1. The Kier molecular flexibility index (Phi) is 4.91. The Hall–Kier alpha value is -1.94. The van der Waals surface area contributed by atoms with Gasteiger partial charge in [0.15, 0.2) is 0 Å². The van der Waals surface area contributed by atoms with Crippen LogP contribution in [0.2, 0.25) is 0 Å². The van der Waals surface area contributed by atoms with Crippen LogP contribution in [0, 0.1) is 13.8 Å². The van der Waals surface area contributed by atoms with Crippen molar-refractivity contribution in [1.82, 2.24) is 4.98 Å². The van der Waals surface area contributed by atoms with Crippen LogP contribution in [0.1, 0.15) is 22.5 Å². The van der Waals surface area contributed by atoms with Gasteiger partial charge in [-0.3, -0.25) is 4.98 Å². The quantitative estimate of drug-likeness (QED) is 0.862. The van der Waals surface area contributed by atoms with Crippen molar-refractivity contribution in [2.75, 3.05) is 18.5 Å². The summed E-state index contributed by atoms with van der Waals surface area (Å²) in [4.78, 5) is 7.06. The topological polar surface area (TPSA) is 42.1 Å². The van der Waals surface area contributed by atoms with Crippen molar-refractivity contribution in [3.63, 3.8) is 0 Å². The van der Waals surface area contributed by atoms with Gasteiger partial charge in [-0.15, -0.1) is 0 Å². The molecule has 0 unspecified atom stereocenters. The third kappa shape index (κ3) is 3.79. The molecule has 110 valence electrons. The highest BCUT2D eigenvalue weighted by Crippen LogP contribution is 2.23. The Bertz CT molecular complexity index is 638. The Morgan fingerprint density at radius 1 is 1.24 bits per heavy atom. The SMILES string of the molecule is Cc1cc(N(C)CCc2ccccc2)c(C(N)=S)c(C)n1. The largest absolute Gasteiger partial charge is 0.389 e. The van der Waals surface area contributed by atoms with Crippen LogP contribution in [0.15, 0.2) is 36.4 Å². The second-order valence-electron chi connectivity index (χ2n) is 5.26. The van der Waals surface area contributed by atoms with E-state index in [1.807, 2.05) is 26.0 Å². The van der Waals surface area contributed by atoms with E-state index in [-0.39, 0.29) is 0 Å². The maximum Gasteiger partial charge on any atom is 0.107 e. The summed E-state index contributed by atoms with van der Waals surface area (Å²) in [6.45, 7) is 4.85. The minimum absolute atomic E-state index is 0.404. The molecular weight excluding hydrogens is 278 g/mol. The Morgan fingerprint density at radius 2 is 1.90 bits per heavy atom. The van der Waals surface area contributed by atoms with Gasteiger partial charge in [-0.1, -0.05) is 42.5 Å². The zero-order valence-corrected chi connectivity index (χ0v) is 13.6. The first-order valence-electron chi connectivity index (χ1n) is 7.02. The summed E-state index contributed by atoms with van der Waals surface area (Å²) in [6, 6.07) is 12.5. The van der Waals surface area contributed by atoms with Crippen molar-refractivity contribution >= 4 is 22.9 Å². The van der Waals surface area contributed by atoms with Gasteiger partial charge in [0.25, 0.3) is 0 Å². The van der Waals surface area contributed by atoms with E-state index in [1.54, 1.807) is 0 Å². The average Bonchev–Trinajstić information content (AvgIpc) is 2.44. The lowest BCUT2D eigenvalue weighted by atomic mass is 10.1. The summed E-state index contributed by atoms with van der Waals surface area (Å²) in [7, 11) is 2.07. The van der Waals surface area contributed by atoms with Crippen LogP contribution in [0.3, 0.4) is 0 Å². The van der Waals surface area contributed by atoms with Gasteiger partial charge in [0, 0.05) is 25.0 Å². The van der Waals surface area contributed by atoms with E-state index in [4.69, 9.17) is 18.0 Å². The highest BCUT2D eigenvalue weighted by Gasteiger charge is 2.14. The van der Waals surface area contributed by atoms with Gasteiger partial charge in [-0.2, -0.15) is 0 Å². The predicted molar refractivity (Wildman–Crippen MR) is 93.0 cm³/mol. The number of benzene rings is 1. The fourth-order valence-corrected chi connectivity index (χ4v) is 2.73. The predicted octanol–water partition coefficient (Wildman–Crippen LogP) is 3.01. The van der Waals surface area contributed by atoms with Crippen LogP contribution < -0.4 is 10.6 Å². The molecular formula is C17H21N3S. The number of nitrogens with zero attached hydrogens (tertiary/aromatic N) is 2. The van der Waals surface area contributed by atoms with Gasteiger partial charge < -0.3 is 10.6 Å². The molecule has 2 aromatic rings. The molecule has 1 aromatic heterocycles. The third-order valence-electron chi connectivity index (χ3n) is 3.54. The van der Waals surface area contributed by atoms with Crippen LogP contribution in [0.4, 0.5) is 5.69 Å². The molecule has 0 aliphatic carbocycles. The normalized spacial score (nSPS) is 10.4. The zero-order chi connectivity index (χ0) is 15.4. The Morgan fingerprint density at radius 3 is 2.52 bits per heavy atom. The molecule has 4 heteroatoms. The molecule has 1 aromatic carbocycles. The van der Waals surface area contributed by atoms with Gasteiger partial charge in [0.05, 0.1) is 11.3 Å². The molecule has 0 aliphatic rings. The molecule has 0 radical (unpaired) electrons. The van der Waals surface area contributed by atoms with E-state index in [9.17, 15) is 0 Å². The summed E-state index contributed by atoms with van der Waals surface area (Å²) in [5.74, 6) is 0. The molecule has 0 spiro atoms. The standard InChI is InChI=1S/C17H21N3S/c1-12-11-15(16(17(18)21)13(2)19-12)20(3)10-9-14-7-5-4-6-8-14/h4-8,11H,9-10H2,1-3H3,(H2,18,21). The summed E-state index contributed by atoms with van der Waals surface area (Å²) < 4.78 is 0. The number of likely N-dealkylation sites (N-methyl/N-ethyl adjacent to an activating group) is 1. The van der Waals surface area contributed by atoms with Crippen LogP contribution in [-0.2, 0) is 6.42 Å². The molecule has 0 bridgehead atoms. The van der Waals surface area contributed by atoms with Crippen LogP contribution in [0.5, 0.6) is 0 Å². The Balaban J connectivity index is 2.22. The number of hydrogen-bond acceptors (Lipinski definition) is 3. The number of pyridine rings is 1. The highest BCUT2D eigenvalue weighted by atomic mass is 32.1. The number of thiocarbonyl (C=S) groups is 1. The van der Waals surface area contributed by atoms with Crippen molar-refractivity contribution < 1.29 is 0 Å². The summed E-state index contributed by atoms with van der Waals surface area (Å²) in [5, 5.41) is 0. The van der Waals surface area contributed by atoms with Gasteiger partial charge >= 0.3 is 0 Å². The zero-order valence-electron chi connectivity index (χ0n) is 12.8. The lowest BCUT2D eigenvalue weighted by Crippen LogP contribution is -2.25. The molecule has 3 nitrogen and oxygen atoms in total. The third-order valence-corrected chi connectivity index (χ3v) is 3.75. The van der Waals surface area contributed by atoms with Gasteiger partial charge in [0.1, 0.15) is 4.99 Å². The lowest BCUT2D eigenvalue weighted by Gasteiger charge is -2.23. The van der Waals surface area contributed by atoms with E-state index in [0.717, 1.165) is 35.6 Å². The molecule has 0 saturated carbocycles. The maximum absolute atomic E-state index is 5.88. The summed E-state index contributed by atoms with van der Waals surface area (Å²) in [6.07, 6.45) is 0.981. The molecule has 1 heterocycles. The fraction of sp³-hybridized carbons (Fsp3) is 0.294. The number of aryl methyl sites for hydroxylation is 2. The molecule has 0 atom stereocenters. The first-order valence-corrected chi connectivity index (χ1v) is 7.43. The second kappa shape index (κ2) is 6.68. The highest BCUT2D eigenvalue weighted by molar-refractivity contribution is 7.80. The minimum atomic E-state index is 0.404. The first-order chi connectivity index (χ1) is 9.99. The number of anilines is 1. The van der Waals surface area contributed by atoms with Crippen LogP contribution in [0.25, 0.3) is 0 Å². The molecule has 2 N–H and O–H groups in total. The molecule has 0 saturated heterocycles. The number of rotatable bonds is 5. The first kappa shape index (κ1) is 15.4. The van der Waals surface area contributed by atoms with Crippen molar-refractivity contribution in [3.8, 4) is 0 Å². The van der Waals surface area contributed by atoms with E-state index in [1.165, 1.54) is 5.56 Å². The van der Waals surface area contributed by atoms with Crippen LogP contribution >= 0.6 is 12.2 Å². The summed E-state index contributed by atoms with van der Waals surface area (Å²) in [5.41, 5.74) is 11.0. The summed E-state index contributed by atoms with van der Waals surface area (Å²) >= 11 is 5.19. The average molecular weight is 299 g/mol. The van der Waals surface area contributed by atoms with Crippen LogP contribution in [-0.4, -0.2) is 23.6 Å². The monoisotopic (exact) mass is 299 g/mol. The van der Waals surface area contributed by atoms with Gasteiger partial charge in [-0.25, -0.2) is 0 Å². The van der Waals surface area contributed by atoms with Crippen molar-refractivity contribution in [3.05, 3.63) is 58.9 Å². The number of nitrogens with two attached hydrogens (primary N) is 1.